The number of thiazole rings is 1. The van der Waals surface area contributed by atoms with Crippen molar-refractivity contribution in [3.63, 3.8) is 0 Å². The van der Waals surface area contributed by atoms with E-state index in [0.717, 1.165) is 18.2 Å². The smallest absolute Gasteiger partial charge is 0.191 e. The third kappa shape index (κ3) is 5.64. The van der Waals surface area contributed by atoms with Gasteiger partial charge in [-0.3, -0.25) is 0 Å². The van der Waals surface area contributed by atoms with Gasteiger partial charge < -0.3 is 10.6 Å². The molecule has 2 aromatic rings. The van der Waals surface area contributed by atoms with Crippen molar-refractivity contribution in [2.75, 3.05) is 6.54 Å². The summed E-state index contributed by atoms with van der Waals surface area (Å²) in [6, 6.07) is 8.49. The Balaban J connectivity index is 1.96. The molecule has 0 spiro atoms. The zero-order valence-corrected chi connectivity index (χ0v) is 16.1. The third-order valence-electron chi connectivity index (χ3n) is 3.51. The van der Waals surface area contributed by atoms with Gasteiger partial charge in [0, 0.05) is 17.3 Å². The number of hydrogen-bond acceptors (Lipinski definition) is 3. The van der Waals surface area contributed by atoms with Crippen molar-refractivity contribution in [2.45, 2.75) is 53.1 Å². The van der Waals surface area contributed by atoms with Gasteiger partial charge in [0.2, 0.25) is 0 Å². The van der Waals surface area contributed by atoms with Crippen molar-refractivity contribution < 1.29 is 0 Å². The van der Waals surface area contributed by atoms with E-state index in [1.807, 2.05) is 0 Å². The summed E-state index contributed by atoms with van der Waals surface area (Å²) in [6.45, 7) is 12.9. The molecule has 0 aliphatic rings. The molecule has 0 atom stereocenters. The second kappa shape index (κ2) is 8.29. The van der Waals surface area contributed by atoms with Gasteiger partial charge in [0.15, 0.2) is 5.96 Å². The van der Waals surface area contributed by atoms with Gasteiger partial charge >= 0.3 is 0 Å². The van der Waals surface area contributed by atoms with Crippen LogP contribution >= 0.6 is 11.3 Å². The molecule has 1 heterocycles. The Kier molecular flexibility index (Phi) is 6.37. The first kappa shape index (κ1) is 18.5. The number of hydrogen-bond donors (Lipinski definition) is 2. The summed E-state index contributed by atoms with van der Waals surface area (Å²) in [6.07, 6.45) is 0. The monoisotopic (exact) mass is 344 g/mol. The summed E-state index contributed by atoms with van der Waals surface area (Å²) >= 11 is 1.72. The minimum absolute atomic E-state index is 0.104. The van der Waals surface area contributed by atoms with Crippen LogP contribution in [0.4, 0.5) is 0 Å². The number of aliphatic imine (C=N–C) groups is 1. The molecule has 0 amide bonds. The van der Waals surface area contributed by atoms with Crippen LogP contribution < -0.4 is 10.6 Å². The fraction of sp³-hybridized carbons (Fsp3) is 0.474. The highest BCUT2D eigenvalue weighted by molar-refractivity contribution is 7.09. The maximum atomic E-state index is 4.71. The number of nitrogens with zero attached hydrogens (tertiary/aromatic N) is 2. The van der Waals surface area contributed by atoms with Crippen LogP contribution in [0.3, 0.4) is 0 Å². The molecule has 130 valence electrons. The van der Waals surface area contributed by atoms with E-state index in [9.17, 15) is 0 Å². The van der Waals surface area contributed by atoms with E-state index in [2.05, 4.69) is 79.9 Å². The number of rotatable bonds is 5. The molecule has 0 aliphatic heterocycles. The molecule has 1 aromatic carbocycles. The van der Waals surface area contributed by atoms with Crippen LogP contribution in [0.2, 0.25) is 0 Å². The number of guanidine groups is 1. The predicted octanol–water partition coefficient (Wildman–Crippen LogP) is 4.00. The van der Waals surface area contributed by atoms with Crippen molar-refractivity contribution >= 4 is 17.3 Å². The molecule has 0 bridgehead atoms. The number of nitrogens with one attached hydrogen (secondary N) is 2. The zero-order chi connectivity index (χ0) is 17.6. The Labute approximate surface area is 149 Å². The lowest BCUT2D eigenvalue weighted by molar-refractivity contribution is 0.582. The first-order valence-corrected chi connectivity index (χ1v) is 9.29. The largest absolute Gasteiger partial charge is 0.357 e. The molecule has 2 N–H and O–H groups in total. The molecule has 0 radical (unpaired) electrons. The van der Waals surface area contributed by atoms with Crippen molar-refractivity contribution in [1.82, 2.24) is 15.6 Å². The van der Waals surface area contributed by atoms with Crippen LogP contribution in [0.5, 0.6) is 0 Å². The number of aromatic nitrogens is 1. The Hall–Kier alpha value is -1.88. The first-order chi connectivity index (χ1) is 11.4. The van der Waals surface area contributed by atoms with E-state index in [1.165, 1.54) is 16.1 Å². The Morgan fingerprint density at radius 2 is 1.88 bits per heavy atom. The molecule has 0 aliphatic carbocycles. The van der Waals surface area contributed by atoms with Crippen LogP contribution in [-0.4, -0.2) is 17.5 Å². The second-order valence-corrected chi connectivity index (χ2v) is 7.79. The van der Waals surface area contributed by atoms with E-state index in [1.54, 1.807) is 11.3 Å². The molecule has 2 rings (SSSR count). The van der Waals surface area contributed by atoms with Crippen LogP contribution in [0.1, 0.15) is 49.5 Å². The number of benzene rings is 1. The van der Waals surface area contributed by atoms with E-state index in [4.69, 9.17) is 4.98 Å². The lowest BCUT2D eigenvalue weighted by atomic mass is 9.98. The quantitative estimate of drug-likeness (QED) is 0.636. The summed E-state index contributed by atoms with van der Waals surface area (Å²) < 4.78 is 0. The molecule has 4 nitrogen and oxygen atoms in total. The Bertz CT molecular complexity index is 665. The number of aryl methyl sites for hydroxylation is 1. The molecule has 5 heteroatoms. The second-order valence-electron chi connectivity index (χ2n) is 6.93. The zero-order valence-electron chi connectivity index (χ0n) is 15.3. The minimum atomic E-state index is 0.104. The van der Waals surface area contributed by atoms with Crippen molar-refractivity contribution in [3.8, 4) is 0 Å². The molecule has 0 fully saturated rings. The van der Waals surface area contributed by atoms with E-state index in [0.29, 0.717) is 13.1 Å². The van der Waals surface area contributed by atoms with Gasteiger partial charge in [0.25, 0.3) is 0 Å². The van der Waals surface area contributed by atoms with Gasteiger partial charge in [-0.05, 0) is 19.4 Å². The summed E-state index contributed by atoms with van der Waals surface area (Å²) in [5.41, 5.74) is 3.64. The fourth-order valence-electron chi connectivity index (χ4n) is 2.11. The van der Waals surface area contributed by atoms with Crippen molar-refractivity contribution in [2.24, 2.45) is 4.99 Å². The lowest BCUT2D eigenvalue weighted by Gasteiger charge is -2.14. The molecule has 1 aromatic heterocycles. The molecular weight excluding hydrogens is 316 g/mol. The highest BCUT2D eigenvalue weighted by Gasteiger charge is 2.17. The summed E-state index contributed by atoms with van der Waals surface area (Å²) in [7, 11) is 0. The maximum Gasteiger partial charge on any atom is 0.191 e. The van der Waals surface area contributed by atoms with Crippen LogP contribution in [-0.2, 0) is 18.5 Å². The summed E-state index contributed by atoms with van der Waals surface area (Å²) in [4.78, 5) is 9.37. The molecular formula is C19H28N4S. The van der Waals surface area contributed by atoms with E-state index < -0.39 is 0 Å². The Morgan fingerprint density at radius 3 is 2.46 bits per heavy atom. The highest BCUT2D eigenvalue weighted by Crippen LogP contribution is 2.25. The van der Waals surface area contributed by atoms with Gasteiger partial charge in [-0.1, -0.05) is 50.6 Å². The van der Waals surface area contributed by atoms with Crippen molar-refractivity contribution in [1.29, 1.82) is 0 Å². The van der Waals surface area contributed by atoms with E-state index in [-0.39, 0.29) is 5.41 Å². The summed E-state index contributed by atoms with van der Waals surface area (Å²) in [5.74, 6) is 0.823. The minimum Gasteiger partial charge on any atom is -0.357 e. The van der Waals surface area contributed by atoms with Crippen LogP contribution in [0.15, 0.2) is 34.6 Å². The average Bonchev–Trinajstić information content (AvgIpc) is 3.01. The van der Waals surface area contributed by atoms with Crippen LogP contribution in [0.25, 0.3) is 0 Å². The fourth-order valence-corrected chi connectivity index (χ4v) is 3.02. The van der Waals surface area contributed by atoms with Gasteiger partial charge in [0.1, 0.15) is 0 Å². The topological polar surface area (TPSA) is 49.3 Å². The van der Waals surface area contributed by atoms with Crippen LogP contribution in [0, 0.1) is 6.92 Å². The molecule has 24 heavy (non-hydrogen) atoms. The van der Waals surface area contributed by atoms with Crippen molar-refractivity contribution in [3.05, 3.63) is 51.5 Å². The molecule has 0 saturated carbocycles. The first-order valence-electron chi connectivity index (χ1n) is 8.41. The lowest BCUT2D eigenvalue weighted by Crippen LogP contribution is -2.36. The Morgan fingerprint density at radius 1 is 1.17 bits per heavy atom. The standard InChI is InChI=1S/C19H28N4S/c1-6-20-18(21-11-15-9-7-14(2)8-10-15)22-12-16-13-24-17(23-16)19(3,4)5/h7-10,13H,6,11-12H2,1-5H3,(H2,20,21,22). The average molecular weight is 345 g/mol. The summed E-state index contributed by atoms with van der Waals surface area (Å²) in [5, 5.41) is 9.94. The van der Waals surface area contributed by atoms with Gasteiger partial charge in [-0.15, -0.1) is 11.3 Å². The van der Waals surface area contributed by atoms with Gasteiger partial charge in [-0.2, -0.15) is 0 Å². The predicted molar refractivity (Wildman–Crippen MR) is 104 cm³/mol. The van der Waals surface area contributed by atoms with Gasteiger partial charge in [0.05, 0.1) is 23.8 Å². The highest BCUT2D eigenvalue weighted by atomic mass is 32.1. The maximum absolute atomic E-state index is 4.71. The molecule has 0 saturated heterocycles. The molecule has 0 unspecified atom stereocenters. The normalized spacial score (nSPS) is 12.3. The van der Waals surface area contributed by atoms with Gasteiger partial charge in [-0.25, -0.2) is 9.98 Å². The SMILES string of the molecule is CCNC(=NCc1ccc(C)cc1)NCc1csc(C(C)(C)C)n1. The third-order valence-corrected chi connectivity index (χ3v) is 4.83. The van der Waals surface area contributed by atoms with E-state index >= 15 is 0 Å².